The summed E-state index contributed by atoms with van der Waals surface area (Å²) in [6.45, 7) is 14.0. The minimum atomic E-state index is 0.513. The van der Waals surface area contributed by atoms with Crippen molar-refractivity contribution in [1.29, 1.82) is 0 Å². The molecule has 1 aromatic rings. The molecule has 0 saturated heterocycles. The number of hydrogen-bond acceptors (Lipinski definition) is 3. The van der Waals surface area contributed by atoms with Crippen LogP contribution in [0, 0.1) is 0 Å². The number of rotatable bonds is 8. The maximum absolute atomic E-state index is 5.65. The van der Waals surface area contributed by atoms with Gasteiger partial charge in [-0.2, -0.15) is 0 Å². The lowest BCUT2D eigenvalue weighted by Gasteiger charge is -2.31. The van der Waals surface area contributed by atoms with Crippen molar-refractivity contribution in [3.8, 4) is 0 Å². The monoisotopic (exact) mass is 263 g/mol. The number of likely N-dealkylation sites (N-methyl/N-ethyl adjacent to an activating group) is 1. The molecule has 3 heteroatoms. The summed E-state index contributed by atoms with van der Waals surface area (Å²) in [6.07, 6.45) is 0. The normalized spacial score (nSPS) is 11.3. The fraction of sp³-hybridized carbons (Fsp3) is 0.625. The summed E-state index contributed by atoms with van der Waals surface area (Å²) < 4.78 is 0. The van der Waals surface area contributed by atoms with Gasteiger partial charge in [0.05, 0.1) is 0 Å². The lowest BCUT2D eigenvalue weighted by Crippen LogP contribution is -2.38. The maximum atomic E-state index is 5.65. The molecule has 0 saturated carbocycles. The zero-order valence-electron chi connectivity index (χ0n) is 12.9. The Kier molecular flexibility index (Phi) is 6.89. The Morgan fingerprint density at radius 3 is 2.00 bits per heavy atom. The highest BCUT2D eigenvalue weighted by Crippen LogP contribution is 2.17. The Hall–Kier alpha value is -1.06. The third kappa shape index (κ3) is 4.84. The first-order valence-corrected chi connectivity index (χ1v) is 7.40. The second kappa shape index (κ2) is 8.18. The van der Waals surface area contributed by atoms with Gasteiger partial charge in [-0.3, -0.25) is 0 Å². The first kappa shape index (κ1) is 16.0. The van der Waals surface area contributed by atoms with Crippen LogP contribution in [0.2, 0.25) is 0 Å². The van der Waals surface area contributed by atoms with Crippen LogP contribution < -0.4 is 10.6 Å². The summed E-state index contributed by atoms with van der Waals surface area (Å²) in [6, 6.07) is 9.14. The van der Waals surface area contributed by atoms with Gasteiger partial charge in [-0.15, -0.1) is 0 Å². The molecule has 0 fully saturated rings. The van der Waals surface area contributed by atoms with Crippen LogP contribution in [-0.2, 0) is 6.54 Å². The fourth-order valence-corrected chi connectivity index (χ4v) is 2.30. The molecule has 0 aliphatic rings. The molecule has 0 unspecified atom stereocenters. The molecule has 2 N–H and O–H groups in total. The zero-order chi connectivity index (χ0) is 14.3. The van der Waals surface area contributed by atoms with E-state index in [4.69, 9.17) is 5.73 Å². The average Bonchev–Trinajstić information content (AvgIpc) is 2.43. The summed E-state index contributed by atoms with van der Waals surface area (Å²) in [5.74, 6) is 0. The molecule has 0 atom stereocenters. The minimum absolute atomic E-state index is 0.513. The fourth-order valence-electron chi connectivity index (χ4n) is 2.30. The predicted molar refractivity (Wildman–Crippen MR) is 84.6 cm³/mol. The van der Waals surface area contributed by atoms with Gasteiger partial charge >= 0.3 is 0 Å². The van der Waals surface area contributed by atoms with E-state index < -0.39 is 0 Å². The van der Waals surface area contributed by atoms with Gasteiger partial charge < -0.3 is 15.5 Å². The van der Waals surface area contributed by atoms with Gasteiger partial charge in [0.2, 0.25) is 0 Å². The molecule has 0 bridgehead atoms. The van der Waals surface area contributed by atoms with Crippen molar-refractivity contribution in [3.05, 3.63) is 29.8 Å². The molecule has 3 nitrogen and oxygen atoms in total. The van der Waals surface area contributed by atoms with Crippen LogP contribution in [0.4, 0.5) is 5.69 Å². The predicted octanol–water partition coefficient (Wildman–Crippen LogP) is 2.70. The Morgan fingerprint density at radius 1 is 1.00 bits per heavy atom. The Bertz CT molecular complexity index is 342. The minimum Gasteiger partial charge on any atom is -0.368 e. The number of hydrogen-bond donors (Lipinski definition) is 1. The molecule has 0 amide bonds. The van der Waals surface area contributed by atoms with Crippen molar-refractivity contribution in [1.82, 2.24) is 4.90 Å². The van der Waals surface area contributed by atoms with E-state index in [1.165, 1.54) is 11.3 Å². The van der Waals surface area contributed by atoms with E-state index in [-0.39, 0.29) is 0 Å². The standard InChI is InChI=1S/C16H29N3/c1-5-18(6-2)11-12-19(14(3)4)16-9-7-15(13-17)8-10-16/h7-10,14H,5-6,11-13,17H2,1-4H3. The highest BCUT2D eigenvalue weighted by atomic mass is 15.2. The Labute approximate surface area is 118 Å². The van der Waals surface area contributed by atoms with Gasteiger partial charge in [-0.25, -0.2) is 0 Å². The van der Waals surface area contributed by atoms with Crippen LogP contribution in [0.25, 0.3) is 0 Å². The van der Waals surface area contributed by atoms with Crippen molar-refractivity contribution < 1.29 is 0 Å². The van der Waals surface area contributed by atoms with Crippen molar-refractivity contribution in [2.24, 2.45) is 5.73 Å². The summed E-state index contributed by atoms with van der Waals surface area (Å²) in [4.78, 5) is 4.92. The molecule has 1 rings (SSSR count). The average molecular weight is 263 g/mol. The molecule has 0 spiro atoms. The van der Waals surface area contributed by atoms with Gasteiger partial charge in [-0.05, 0) is 44.6 Å². The summed E-state index contributed by atoms with van der Waals surface area (Å²) >= 11 is 0. The van der Waals surface area contributed by atoms with Crippen LogP contribution in [0.15, 0.2) is 24.3 Å². The number of benzene rings is 1. The zero-order valence-corrected chi connectivity index (χ0v) is 12.9. The first-order valence-electron chi connectivity index (χ1n) is 7.40. The third-order valence-corrected chi connectivity index (χ3v) is 3.68. The van der Waals surface area contributed by atoms with Gasteiger partial charge in [0, 0.05) is 31.4 Å². The Balaban J connectivity index is 2.70. The summed E-state index contributed by atoms with van der Waals surface area (Å²) in [5, 5.41) is 0. The van der Waals surface area contributed by atoms with Gasteiger partial charge in [0.1, 0.15) is 0 Å². The molecular weight excluding hydrogens is 234 g/mol. The quantitative estimate of drug-likeness (QED) is 0.782. The van der Waals surface area contributed by atoms with E-state index in [1.54, 1.807) is 0 Å². The highest BCUT2D eigenvalue weighted by Gasteiger charge is 2.11. The van der Waals surface area contributed by atoms with Crippen LogP contribution in [-0.4, -0.2) is 37.1 Å². The van der Waals surface area contributed by atoms with E-state index in [2.05, 4.69) is 61.8 Å². The van der Waals surface area contributed by atoms with E-state index in [9.17, 15) is 0 Å². The number of nitrogens with two attached hydrogens (primary N) is 1. The lowest BCUT2D eigenvalue weighted by atomic mass is 10.1. The van der Waals surface area contributed by atoms with E-state index in [1.807, 2.05) is 0 Å². The van der Waals surface area contributed by atoms with Gasteiger partial charge in [-0.1, -0.05) is 26.0 Å². The van der Waals surface area contributed by atoms with Gasteiger partial charge in [0.25, 0.3) is 0 Å². The van der Waals surface area contributed by atoms with Crippen LogP contribution in [0.3, 0.4) is 0 Å². The van der Waals surface area contributed by atoms with Crippen molar-refractivity contribution >= 4 is 5.69 Å². The second-order valence-corrected chi connectivity index (χ2v) is 5.18. The molecule has 0 aromatic heterocycles. The van der Waals surface area contributed by atoms with E-state index in [0.29, 0.717) is 12.6 Å². The molecule has 0 aliphatic heterocycles. The first-order chi connectivity index (χ1) is 9.12. The summed E-state index contributed by atoms with van der Waals surface area (Å²) in [5.41, 5.74) is 8.13. The maximum Gasteiger partial charge on any atom is 0.0369 e. The number of anilines is 1. The van der Waals surface area contributed by atoms with Crippen LogP contribution in [0.1, 0.15) is 33.3 Å². The summed E-state index contributed by atoms with van der Waals surface area (Å²) in [7, 11) is 0. The molecule has 1 aromatic carbocycles. The van der Waals surface area contributed by atoms with Crippen molar-refractivity contribution in [2.75, 3.05) is 31.1 Å². The largest absolute Gasteiger partial charge is 0.368 e. The third-order valence-electron chi connectivity index (χ3n) is 3.68. The molecular formula is C16H29N3. The Morgan fingerprint density at radius 2 is 1.58 bits per heavy atom. The smallest absolute Gasteiger partial charge is 0.0369 e. The second-order valence-electron chi connectivity index (χ2n) is 5.18. The van der Waals surface area contributed by atoms with E-state index in [0.717, 1.165) is 26.2 Å². The van der Waals surface area contributed by atoms with Crippen LogP contribution >= 0.6 is 0 Å². The topological polar surface area (TPSA) is 32.5 Å². The molecule has 0 radical (unpaired) electrons. The van der Waals surface area contributed by atoms with Crippen molar-refractivity contribution in [2.45, 2.75) is 40.3 Å². The van der Waals surface area contributed by atoms with Crippen molar-refractivity contribution in [3.63, 3.8) is 0 Å². The molecule has 0 aliphatic carbocycles. The van der Waals surface area contributed by atoms with E-state index >= 15 is 0 Å². The molecule has 19 heavy (non-hydrogen) atoms. The molecule has 0 heterocycles. The lowest BCUT2D eigenvalue weighted by molar-refractivity contribution is 0.307. The SMILES string of the molecule is CCN(CC)CCN(c1ccc(CN)cc1)C(C)C. The number of nitrogens with zero attached hydrogens (tertiary/aromatic N) is 2. The van der Waals surface area contributed by atoms with Crippen LogP contribution in [0.5, 0.6) is 0 Å². The highest BCUT2D eigenvalue weighted by molar-refractivity contribution is 5.48. The molecule has 108 valence electrons. The van der Waals surface area contributed by atoms with Gasteiger partial charge in [0.15, 0.2) is 0 Å².